The first-order valence-corrected chi connectivity index (χ1v) is 16.4. The molecule has 0 amide bonds. The van der Waals surface area contributed by atoms with Crippen LogP contribution in [0, 0.1) is 0 Å². The number of nitrogens with zero attached hydrogens (tertiary/aromatic N) is 1. The third-order valence-electron chi connectivity index (χ3n) is 5.91. The molecule has 14 heteroatoms. The Kier molecular flexibility index (Phi) is 7.77. The number of sulfone groups is 2. The van der Waals surface area contributed by atoms with Gasteiger partial charge in [-0.15, -0.1) is 0 Å². The highest BCUT2D eigenvalue weighted by Gasteiger charge is 2.41. The lowest BCUT2D eigenvalue weighted by molar-refractivity contribution is 0.292. The molecule has 2 heterocycles. The molecule has 1 aliphatic rings. The van der Waals surface area contributed by atoms with Crippen LogP contribution in [0.5, 0.6) is 11.5 Å². The quantitative estimate of drug-likeness (QED) is 0.347. The summed E-state index contributed by atoms with van der Waals surface area (Å²) in [7, 11) is -9.10. The van der Waals surface area contributed by atoms with Gasteiger partial charge in [-0.05, 0) is 55.0 Å². The van der Waals surface area contributed by atoms with Gasteiger partial charge in [0.2, 0.25) is 25.0 Å². The molecule has 1 saturated heterocycles. The average Bonchev–Trinajstić information content (AvgIpc) is 3.48. The minimum Gasteiger partial charge on any atom is -0.497 e. The van der Waals surface area contributed by atoms with Crippen molar-refractivity contribution in [2.75, 3.05) is 25.7 Å². The van der Waals surface area contributed by atoms with Crippen molar-refractivity contribution >= 4 is 45.6 Å². The van der Waals surface area contributed by atoms with E-state index in [2.05, 4.69) is 15.9 Å². The predicted octanol–water partition coefficient (Wildman–Crippen LogP) is 3.27. The van der Waals surface area contributed by atoms with Crippen molar-refractivity contribution in [1.82, 2.24) is 4.31 Å². The molecular weight excluding hydrogens is 610 g/mol. The van der Waals surface area contributed by atoms with Crippen molar-refractivity contribution in [1.29, 1.82) is 0 Å². The normalized spacial score (nSPS) is 17.7. The number of hydrogen-bond donors (Lipinski definition) is 0. The van der Waals surface area contributed by atoms with E-state index in [-0.39, 0.29) is 50.1 Å². The lowest BCUT2D eigenvalue weighted by atomic mass is 10.2. The first-order chi connectivity index (χ1) is 17.4. The zero-order valence-electron chi connectivity index (χ0n) is 19.8. The van der Waals surface area contributed by atoms with E-state index in [1.54, 1.807) is 12.1 Å². The average molecular weight is 635 g/mol. The first kappa shape index (κ1) is 27.6. The third-order valence-corrected chi connectivity index (χ3v) is 11.8. The van der Waals surface area contributed by atoms with Crippen LogP contribution in [0.1, 0.15) is 12.2 Å². The van der Waals surface area contributed by atoms with Gasteiger partial charge in [0.05, 0.1) is 37.2 Å². The molecule has 0 N–H and O–H groups in total. The standard InChI is InChI=1S/C23H24BrNO9S3/c1-32-18-5-9-21(33-2)22(13-18)37(30,31)25(17-11-12-35(26,27)15-17)14-19-6-10-23(34-19)36(28,29)20-7-3-16(24)4-8-20/h3-10,13,17H,11-12,14-15H2,1-2H3/t17-/m0/s1. The minimum absolute atomic E-state index is 0.00378. The van der Waals surface area contributed by atoms with Crippen molar-refractivity contribution in [2.24, 2.45) is 0 Å². The van der Waals surface area contributed by atoms with E-state index >= 15 is 0 Å². The summed E-state index contributed by atoms with van der Waals surface area (Å²) in [5.74, 6) is -0.196. The van der Waals surface area contributed by atoms with Crippen LogP contribution in [0.2, 0.25) is 0 Å². The van der Waals surface area contributed by atoms with Crippen LogP contribution in [0.15, 0.2) is 78.4 Å². The Labute approximate surface area is 224 Å². The van der Waals surface area contributed by atoms with E-state index in [0.717, 1.165) is 4.31 Å². The Hall–Kier alpha value is -2.39. The van der Waals surface area contributed by atoms with E-state index in [4.69, 9.17) is 13.9 Å². The number of benzene rings is 2. The summed E-state index contributed by atoms with van der Waals surface area (Å²) >= 11 is 3.26. The lowest BCUT2D eigenvalue weighted by Gasteiger charge is -2.27. The molecule has 0 aliphatic carbocycles. The summed E-state index contributed by atoms with van der Waals surface area (Å²) < 4.78 is 96.0. The van der Waals surface area contributed by atoms with Crippen LogP contribution >= 0.6 is 15.9 Å². The van der Waals surface area contributed by atoms with Gasteiger partial charge >= 0.3 is 0 Å². The van der Waals surface area contributed by atoms with E-state index < -0.39 is 42.3 Å². The molecule has 1 aromatic heterocycles. The smallest absolute Gasteiger partial charge is 0.247 e. The number of rotatable bonds is 9. The van der Waals surface area contributed by atoms with E-state index in [1.165, 1.54) is 56.7 Å². The second-order valence-electron chi connectivity index (χ2n) is 8.30. The van der Waals surface area contributed by atoms with Gasteiger partial charge in [-0.25, -0.2) is 25.3 Å². The second kappa shape index (κ2) is 10.4. The summed E-state index contributed by atoms with van der Waals surface area (Å²) in [5.41, 5.74) is 0. The van der Waals surface area contributed by atoms with Crippen molar-refractivity contribution in [3.63, 3.8) is 0 Å². The monoisotopic (exact) mass is 633 g/mol. The zero-order chi connectivity index (χ0) is 27.0. The van der Waals surface area contributed by atoms with Crippen LogP contribution < -0.4 is 9.47 Å². The summed E-state index contributed by atoms with van der Waals surface area (Å²) in [6.45, 7) is -0.390. The van der Waals surface area contributed by atoms with Gasteiger partial charge in [0.1, 0.15) is 22.2 Å². The number of halogens is 1. The number of sulfonamides is 1. The van der Waals surface area contributed by atoms with Crippen LogP contribution in [0.25, 0.3) is 0 Å². The van der Waals surface area contributed by atoms with Gasteiger partial charge in [0.15, 0.2) is 9.84 Å². The van der Waals surface area contributed by atoms with Crippen LogP contribution in [-0.2, 0) is 36.2 Å². The fraction of sp³-hybridized carbons (Fsp3) is 0.304. The summed E-state index contributed by atoms with van der Waals surface area (Å²) in [6.07, 6.45) is 0.0819. The Morgan fingerprint density at radius 3 is 2.30 bits per heavy atom. The second-order valence-corrected chi connectivity index (χ2v) is 15.2. The van der Waals surface area contributed by atoms with Gasteiger partial charge in [-0.3, -0.25) is 0 Å². The number of hydrogen-bond acceptors (Lipinski definition) is 9. The number of methoxy groups -OCH3 is 2. The van der Waals surface area contributed by atoms with Crippen molar-refractivity contribution in [2.45, 2.75) is 33.9 Å². The number of ether oxygens (including phenoxy) is 2. The van der Waals surface area contributed by atoms with Gasteiger partial charge < -0.3 is 13.9 Å². The molecule has 1 aliphatic heterocycles. The predicted molar refractivity (Wildman–Crippen MR) is 138 cm³/mol. The van der Waals surface area contributed by atoms with Gasteiger partial charge in [-0.1, -0.05) is 15.9 Å². The summed E-state index contributed by atoms with van der Waals surface area (Å²) in [5, 5.41) is -0.361. The van der Waals surface area contributed by atoms with Gasteiger partial charge in [0, 0.05) is 16.6 Å². The molecule has 0 bridgehead atoms. The van der Waals surface area contributed by atoms with Crippen molar-refractivity contribution in [3.05, 3.63) is 64.8 Å². The minimum atomic E-state index is -4.34. The fourth-order valence-corrected chi connectivity index (χ4v) is 9.07. The summed E-state index contributed by atoms with van der Waals surface area (Å²) in [4.78, 5) is -0.211. The molecule has 2 aromatic carbocycles. The Morgan fingerprint density at radius 2 is 1.70 bits per heavy atom. The molecule has 200 valence electrons. The largest absolute Gasteiger partial charge is 0.497 e. The Bertz CT molecular complexity index is 1610. The van der Waals surface area contributed by atoms with Crippen molar-refractivity contribution in [3.8, 4) is 11.5 Å². The molecule has 0 saturated carbocycles. The molecule has 3 aromatic rings. The maximum Gasteiger partial charge on any atom is 0.247 e. The zero-order valence-corrected chi connectivity index (χ0v) is 23.9. The highest BCUT2D eigenvalue weighted by molar-refractivity contribution is 9.10. The van der Waals surface area contributed by atoms with Crippen LogP contribution in [0.4, 0.5) is 0 Å². The van der Waals surface area contributed by atoms with Crippen LogP contribution in [0.3, 0.4) is 0 Å². The topological polar surface area (TPSA) is 137 Å². The van der Waals surface area contributed by atoms with Gasteiger partial charge in [-0.2, -0.15) is 4.31 Å². The molecule has 0 radical (unpaired) electrons. The number of furan rings is 1. The third kappa shape index (κ3) is 5.72. The molecule has 37 heavy (non-hydrogen) atoms. The molecule has 1 fully saturated rings. The van der Waals surface area contributed by atoms with Crippen LogP contribution in [-0.4, -0.2) is 61.3 Å². The van der Waals surface area contributed by atoms with E-state index in [9.17, 15) is 25.3 Å². The first-order valence-electron chi connectivity index (χ1n) is 10.9. The van der Waals surface area contributed by atoms with Crippen molar-refractivity contribution < 1.29 is 39.1 Å². The lowest BCUT2D eigenvalue weighted by Crippen LogP contribution is -2.40. The van der Waals surface area contributed by atoms with Gasteiger partial charge in [0.25, 0.3) is 0 Å². The highest BCUT2D eigenvalue weighted by atomic mass is 79.9. The fourth-order valence-electron chi connectivity index (χ4n) is 4.00. The Morgan fingerprint density at radius 1 is 1.00 bits per heavy atom. The van der Waals surface area contributed by atoms with E-state index in [1.807, 2.05) is 0 Å². The van der Waals surface area contributed by atoms with E-state index in [0.29, 0.717) is 4.47 Å². The highest BCUT2D eigenvalue weighted by Crippen LogP contribution is 2.35. The molecule has 0 unspecified atom stereocenters. The molecule has 10 nitrogen and oxygen atoms in total. The Balaban J connectivity index is 1.74. The maximum atomic E-state index is 13.9. The molecule has 1 atom stereocenters. The maximum absolute atomic E-state index is 13.9. The molecule has 4 rings (SSSR count). The SMILES string of the molecule is COc1ccc(OC)c(S(=O)(=O)N(Cc2ccc(S(=O)(=O)c3ccc(Br)cc3)o2)[C@H]2CCS(=O)(=O)C2)c1. The summed E-state index contributed by atoms with van der Waals surface area (Å²) in [6, 6.07) is 12.0. The molecular formula is C23H24BrNO9S3. The molecule has 0 spiro atoms.